The van der Waals surface area contributed by atoms with Gasteiger partial charge in [-0.2, -0.15) is 0 Å². The molecule has 3 heteroatoms. The molecule has 1 heterocycles. The average molecular weight is 202 g/mol. The molecule has 2 rings (SSSR count). The van der Waals surface area contributed by atoms with Gasteiger partial charge in [0.05, 0.1) is 0 Å². The molecule has 0 aliphatic carbocycles. The smallest absolute Gasteiger partial charge is 0.224 e. The molecule has 0 aliphatic heterocycles. The number of anilines is 1. The van der Waals surface area contributed by atoms with Crippen LogP contribution in [0.3, 0.4) is 0 Å². The Labute approximate surface area is 88.7 Å². The van der Waals surface area contributed by atoms with Gasteiger partial charge >= 0.3 is 0 Å². The van der Waals surface area contributed by atoms with E-state index in [-0.39, 0.29) is 5.91 Å². The molecule has 0 saturated carbocycles. The summed E-state index contributed by atoms with van der Waals surface area (Å²) in [6.45, 7) is 1.84. The molecule has 3 nitrogen and oxygen atoms in total. The minimum atomic E-state index is 0.0466. The SMILES string of the molecule is CCC(=O)Nc1ccc2c(ccn2C)c1. The van der Waals surface area contributed by atoms with E-state index in [0.29, 0.717) is 6.42 Å². The molecule has 0 bridgehead atoms. The first kappa shape index (κ1) is 9.77. The second kappa shape index (κ2) is 3.77. The summed E-state index contributed by atoms with van der Waals surface area (Å²) in [7, 11) is 2.01. The minimum absolute atomic E-state index is 0.0466. The summed E-state index contributed by atoms with van der Waals surface area (Å²) in [6, 6.07) is 7.97. The topological polar surface area (TPSA) is 34.0 Å². The highest BCUT2D eigenvalue weighted by molar-refractivity contribution is 5.93. The molecule has 1 aromatic carbocycles. The van der Waals surface area contributed by atoms with Gasteiger partial charge in [0.15, 0.2) is 0 Å². The number of fused-ring (bicyclic) bond motifs is 1. The lowest BCUT2D eigenvalue weighted by Gasteiger charge is -2.03. The van der Waals surface area contributed by atoms with E-state index < -0.39 is 0 Å². The molecule has 0 spiro atoms. The van der Waals surface area contributed by atoms with Crippen molar-refractivity contribution in [3.8, 4) is 0 Å². The highest BCUT2D eigenvalue weighted by Gasteiger charge is 2.01. The van der Waals surface area contributed by atoms with Crippen molar-refractivity contribution in [2.45, 2.75) is 13.3 Å². The summed E-state index contributed by atoms with van der Waals surface area (Å²) in [5.74, 6) is 0.0466. The fraction of sp³-hybridized carbons (Fsp3) is 0.250. The van der Waals surface area contributed by atoms with Crippen LogP contribution in [-0.2, 0) is 11.8 Å². The van der Waals surface area contributed by atoms with Gasteiger partial charge in [0.2, 0.25) is 5.91 Å². The molecule has 78 valence electrons. The van der Waals surface area contributed by atoms with Crippen LogP contribution in [0.5, 0.6) is 0 Å². The van der Waals surface area contributed by atoms with Crippen molar-refractivity contribution < 1.29 is 4.79 Å². The fourth-order valence-corrected chi connectivity index (χ4v) is 1.61. The normalized spacial score (nSPS) is 10.5. The van der Waals surface area contributed by atoms with Crippen LogP contribution in [0, 0.1) is 0 Å². The van der Waals surface area contributed by atoms with Crippen LogP contribution in [0.15, 0.2) is 30.5 Å². The molecule has 15 heavy (non-hydrogen) atoms. The highest BCUT2D eigenvalue weighted by atomic mass is 16.1. The zero-order valence-corrected chi connectivity index (χ0v) is 8.95. The number of amides is 1. The van der Waals surface area contributed by atoms with Gasteiger partial charge in [-0.05, 0) is 24.3 Å². The molecular weight excluding hydrogens is 188 g/mol. The maximum atomic E-state index is 11.2. The Bertz CT molecular complexity index is 499. The van der Waals surface area contributed by atoms with E-state index in [0.717, 1.165) is 11.1 Å². The average Bonchev–Trinajstić information content (AvgIpc) is 2.60. The Hall–Kier alpha value is -1.77. The lowest BCUT2D eigenvalue weighted by atomic mass is 10.2. The molecule has 2 aromatic rings. The van der Waals surface area contributed by atoms with Gasteiger partial charge in [-0.25, -0.2) is 0 Å². The molecule has 0 unspecified atom stereocenters. The summed E-state index contributed by atoms with van der Waals surface area (Å²) in [5.41, 5.74) is 2.03. The Morgan fingerprint density at radius 3 is 2.93 bits per heavy atom. The van der Waals surface area contributed by atoms with Crippen molar-refractivity contribution in [1.29, 1.82) is 0 Å². The Morgan fingerprint density at radius 1 is 1.40 bits per heavy atom. The van der Waals surface area contributed by atoms with Crippen molar-refractivity contribution in [3.63, 3.8) is 0 Å². The van der Waals surface area contributed by atoms with Crippen LogP contribution < -0.4 is 5.32 Å². The number of aromatic nitrogens is 1. The Morgan fingerprint density at radius 2 is 2.20 bits per heavy atom. The van der Waals surface area contributed by atoms with Gasteiger partial charge in [-0.3, -0.25) is 4.79 Å². The van der Waals surface area contributed by atoms with E-state index in [1.165, 1.54) is 5.52 Å². The monoisotopic (exact) mass is 202 g/mol. The van der Waals surface area contributed by atoms with E-state index >= 15 is 0 Å². The molecular formula is C12H14N2O. The maximum absolute atomic E-state index is 11.2. The molecule has 0 aliphatic rings. The fourth-order valence-electron chi connectivity index (χ4n) is 1.61. The number of hydrogen-bond donors (Lipinski definition) is 1. The molecule has 1 amide bonds. The maximum Gasteiger partial charge on any atom is 0.224 e. The molecule has 0 atom stereocenters. The van der Waals surface area contributed by atoms with Gasteiger partial charge in [0.25, 0.3) is 0 Å². The van der Waals surface area contributed by atoms with Crippen LogP contribution >= 0.6 is 0 Å². The molecule has 1 aromatic heterocycles. The minimum Gasteiger partial charge on any atom is -0.351 e. The zero-order valence-electron chi connectivity index (χ0n) is 8.95. The number of carbonyl (C=O) groups excluding carboxylic acids is 1. The van der Waals surface area contributed by atoms with Gasteiger partial charge in [-0.15, -0.1) is 0 Å². The number of nitrogens with one attached hydrogen (secondary N) is 1. The van der Waals surface area contributed by atoms with Crippen LogP contribution in [0.25, 0.3) is 10.9 Å². The molecule has 0 saturated heterocycles. The summed E-state index contributed by atoms with van der Waals surface area (Å²) >= 11 is 0. The Balaban J connectivity index is 2.35. The lowest BCUT2D eigenvalue weighted by molar-refractivity contribution is -0.115. The largest absolute Gasteiger partial charge is 0.351 e. The summed E-state index contributed by atoms with van der Waals surface area (Å²) < 4.78 is 2.06. The van der Waals surface area contributed by atoms with Gasteiger partial charge in [0, 0.05) is 36.3 Å². The molecule has 0 radical (unpaired) electrons. The summed E-state index contributed by atoms with van der Waals surface area (Å²) in [5, 5.41) is 3.99. The zero-order chi connectivity index (χ0) is 10.8. The van der Waals surface area contributed by atoms with Gasteiger partial charge in [0.1, 0.15) is 0 Å². The third-order valence-electron chi connectivity index (χ3n) is 2.49. The van der Waals surface area contributed by atoms with Crippen molar-refractivity contribution >= 4 is 22.5 Å². The van der Waals surface area contributed by atoms with Crippen LogP contribution in [0.2, 0.25) is 0 Å². The highest BCUT2D eigenvalue weighted by Crippen LogP contribution is 2.19. The second-order valence-corrected chi connectivity index (χ2v) is 3.60. The van der Waals surface area contributed by atoms with E-state index in [9.17, 15) is 4.79 Å². The predicted molar refractivity (Wildman–Crippen MR) is 61.8 cm³/mol. The number of hydrogen-bond acceptors (Lipinski definition) is 1. The first-order chi connectivity index (χ1) is 7.20. The second-order valence-electron chi connectivity index (χ2n) is 3.60. The van der Waals surface area contributed by atoms with E-state index in [4.69, 9.17) is 0 Å². The summed E-state index contributed by atoms with van der Waals surface area (Å²) in [6.07, 6.45) is 2.52. The van der Waals surface area contributed by atoms with Gasteiger partial charge < -0.3 is 9.88 Å². The van der Waals surface area contributed by atoms with E-state index in [1.807, 2.05) is 44.4 Å². The lowest BCUT2D eigenvalue weighted by Crippen LogP contribution is -2.09. The third kappa shape index (κ3) is 1.86. The van der Waals surface area contributed by atoms with Crippen molar-refractivity contribution in [2.24, 2.45) is 7.05 Å². The van der Waals surface area contributed by atoms with Crippen LogP contribution in [0.4, 0.5) is 5.69 Å². The number of benzene rings is 1. The number of nitrogens with zero attached hydrogens (tertiary/aromatic N) is 1. The molecule has 0 fully saturated rings. The van der Waals surface area contributed by atoms with Crippen molar-refractivity contribution in [1.82, 2.24) is 4.57 Å². The quantitative estimate of drug-likeness (QED) is 0.797. The summed E-state index contributed by atoms with van der Waals surface area (Å²) in [4.78, 5) is 11.2. The Kier molecular flexibility index (Phi) is 2.46. The predicted octanol–water partition coefficient (Wildman–Crippen LogP) is 2.53. The molecule has 1 N–H and O–H groups in total. The first-order valence-electron chi connectivity index (χ1n) is 5.05. The van der Waals surface area contributed by atoms with Gasteiger partial charge in [-0.1, -0.05) is 6.92 Å². The number of carbonyl (C=O) groups is 1. The first-order valence-corrected chi connectivity index (χ1v) is 5.05. The van der Waals surface area contributed by atoms with Crippen LogP contribution in [0.1, 0.15) is 13.3 Å². The van der Waals surface area contributed by atoms with Crippen molar-refractivity contribution in [3.05, 3.63) is 30.5 Å². The standard InChI is InChI=1S/C12H14N2O/c1-3-12(15)13-10-4-5-11-9(8-10)6-7-14(11)2/h4-8H,3H2,1-2H3,(H,13,15). The number of rotatable bonds is 2. The third-order valence-corrected chi connectivity index (χ3v) is 2.49. The van der Waals surface area contributed by atoms with E-state index in [1.54, 1.807) is 0 Å². The van der Waals surface area contributed by atoms with Crippen LogP contribution in [-0.4, -0.2) is 10.5 Å². The van der Waals surface area contributed by atoms with Crippen molar-refractivity contribution in [2.75, 3.05) is 5.32 Å². The number of aryl methyl sites for hydroxylation is 1. The van der Waals surface area contributed by atoms with E-state index in [2.05, 4.69) is 9.88 Å².